The Morgan fingerprint density at radius 3 is 2.47 bits per heavy atom. The maximum atomic E-state index is 13.3. The zero-order valence-corrected chi connectivity index (χ0v) is 18.6. The molecule has 2 heterocycles. The summed E-state index contributed by atoms with van der Waals surface area (Å²) in [5.41, 5.74) is 4.21. The molecule has 6 heteroatoms. The van der Waals surface area contributed by atoms with E-state index in [1.807, 2.05) is 24.0 Å². The van der Waals surface area contributed by atoms with E-state index in [-0.39, 0.29) is 11.7 Å². The third-order valence-corrected chi connectivity index (χ3v) is 5.80. The van der Waals surface area contributed by atoms with Crippen LogP contribution in [-0.2, 0) is 13.0 Å². The highest BCUT2D eigenvalue weighted by molar-refractivity contribution is 6.02. The number of methoxy groups -OCH3 is 1. The van der Waals surface area contributed by atoms with Gasteiger partial charge in [-0.1, -0.05) is 25.5 Å². The van der Waals surface area contributed by atoms with Crippen molar-refractivity contribution >= 4 is 11.7 Å². The number of nitrogens with zero attached hydrogens (tertiary/aromatic N) is 2. The maximum Gasteiger partial charge on any atom is 0.270 e. The lowest BCUT2D eigenvalue weighted by Crippen LogP contribution is -2.35. The van der Waals surface area contributed by atoms with Crippen molar-refractivity contribution in [3.05, 3.63) is 52.3 Å². The van der Waals surface area contributed by atoms with Gasteiger partial charge in [-0.2, -0.15) is 0 Å². The van der Waals surface area contributed by atoms with E-state index in [4.69, 9.17) is 4.74 Å². The lowest BCUT2D eigenvalue weighted by Gasteiger charge is -2.22. The number of hydrogen-bond donors (Lipinski definition) is 1. The van der Waals surface area contributed by atoms with Gasteiger partial charge in [0.1, 0.15) is 11.4 Å². The highest BCUT2D eigenvalue weighted by Crippen LogP contribution is 2.23. The van der Waals surface area contributed by atoms with Crippen LogP contribution in [0.3, 0.4) is 0 Å². The Bertz CT molecular complexity index is 886. The number of hydrogen-bond acceptors (Lipinski definition) is 4. The van der Waals surface area contributed by atoms with Crippen LogP contribution in [-0.4, -0.2) is 59.8 Å². The molecule has 1 fully saturated rings. The molecule has 1 saturated heterocycles. The first-order valence-corrected chi connectivity index (χ1v) is 10.8. The van der Waals surface area contributed by atoms with E-state index < -0.39 is 0 Å². The number of aryl methyl sites for hydroxylation is 1. The van der Waals surface area contributed by atoms with Crippen molar-refractivity contribution < 1.29 is 14.3 Å². The molecule has 1 N–H and O–H groups in total. The minimum Gasteiger partial charge on any atom is -0.497 e. The molecule has 30 heavy (non-hydrogen) atoms. The van der Waals surface area contributed by atoms with Crippen molar-refractivity contribution in [2.24, 2.45) is 0 Å². The van der Waals surface area contributed by atoms with E-state index in [0.29, 0.717) is 17.8 Å². The molecule has 6 nitrogen and oxygen atoms in total. The number of aromatic nitrogens is 1. The van der Waals surface area contributed by atoms with Crippen LogP contribution < -0.4 is 4.74 Å². The van der Waals surface area contributed by atoms with Crippen molar-refractivity contribution in [2.45, 2.75) is 46.6 Å². The molecular weight excluding hydrogens is 378 g/mol. The van der Waals surface area contributed by atoms with Crippen molar-refractivity contribution in [2.75, 3.05) is 33.3 Å². The van der Waals surface area contributed by atoms with Gasteiger partial charge in [0.25, 0.3) is 5.91 Å². The van der Waals surface area contributed by atoms with E-state index in [1.165, 1.54) is 5.56 Å². The van der Waals surface area contributed by atoms with Gasteiger partial charge in [0.2, 0.25) is 0 Å². The monoisotopic (exact) mass is 411 g/mol. The molecule has 3 rings (SSSR count). The Labute approximate surface area is 179 Å². The number of amides is 1. The van der Waals surface area contributed by atoms with Crippen molar-refractivity contribution in [1.82, 2.24) is 14.8 Å². The molecule has 1 aliphatic heterocycles. The molecule has 0 unspecified atom stereocenters. The number of carbonyl (C=O) groups excluding carboxylic acids is 2. The summed E-state index contributed by atoms with van der Waals surface area (Å²) in [5.74, 6) is 0.897. The number of nitrogens with one attached hydrogen (secondary N) is 1. The van der Waals surface area contributed by atoms with Crippen LogP contribution in [0.1, 0.15) is 64.4 Å². The zero-order chi connectivity index (χ0) is 21.7. The molecule has 0 spiro atoms. The second-order valence-corrected chi connectivity index (χ2v) is 8.05. The lowest BCUT2D eigenvalue weighted by atomic mass is 10.0. The minimum atomic E-state index is 0.0142. The summed E-state index contributed by atoms with van der Waals surface area (Å²) in [6, 6.07) is 8.15. The summed E-state index contributed by atoms with van der Waals surface area (Å²) >= 11 is 0. The molecule has 1 aromatic carbocycles. The van der Waals surface area contributed by atoms with E-state index in [9.17, 15) is 9.59 Å². The second kappa shape index (κ2) is 9.94. The Morgan fingerprint density at radius 1 is 1.10 bits per heavy atom. The Kier molecular flexibility index (Phi) is 7.32. The van der Waals surface area contributed by atoms with Gasteiger partial charge in [-0.15, -0.1) is 0 Å². The SMILES string of the molecule is CCCc1c(C(=O)N2CCCN(Cc3ccc(OC)cc3)CC2)[nH]c(C)c1C(C)=O. The summed E-state index contributed by atoms with van der Waals surface area (Å²) in [4.78, 5) is 33.0. The highest BCUT2D eigenvalue weighted by Gasteiger charge is 2.27. The summed E-state index contributed by atoms with van der Waals surface area (Å²) in [6.07, 6.45) is 2.56. The number of carbonyl (C=O) groups is 2. The maximum absolute atomic E-state index is 13.3. The van der Waals surface area contributed by atoms with Gasteiger partial charge in [0, 0.05) is 44.0 Å². The van der Waals surface area contributed by atoms with Gasteiger partial charge in [0.05, 0.1) is 7.11 Å². The fourth-order valence-corrected chi connectivity index (χ4v) is 4.32. The molecule has 162 valence electrons. The second-order valence-electron chi connectivity index (χ2n) is 8.05. The first-order chi connectivity index (χ1) is 14.4. The third kappa shape index (κ3) is 4.93. The van der Waals surface area contributed by atoms with Crippen molar-refractivity contribution in [3.8, 4) is 5.75 Å². The van der Waals surface area contributed by atoms with Crippen molar-refractivity contribution in [1.29, 1.82) is 0 Å². The molecule has 2 aromatic rings. The zero-order valence-electron chi connectivity index (χ0n) is 18.6. The number of aromatic amines is 1. The molecule has 1 amide bonds. The number of Topliss-reactive ketones (excluding diaryl/α,β-unsaturated/α-hetero) is 1. The van der Waals surface area contributed by atoms with Crippen LogP contribution in [0.25, 0.3) is 0 Å². The summed E-state index contributed by atoms with van der Waals surface area (Å²) < 4.78 is 5.23. The Hall–Kier alpha value is -2.60. The Balaban J connectivity index is 1.69. The van der Waals surface area contributed by atoms with Crippen LogP contribution in [0.15, 0.2) is 24.3 Å². The van der Waals surface area contributed by atoms with Crippen LogP contribution in [0, 0.1) is 6.92 Å². The molecule has 0 atom stereocenters. The summed E-state index contributed by atoms with van der Waals surface area (Å²) in [7, 11) is 1.67. The third-order valence-electron chi connectivity index (χ3n) is 5.80. The average molecular weight is 412 g/mol. The minimum absolute atomic E-state index is 0.0142. The van der Waals surface area contributed by atoms with Gasteiger partial charge >= 0.3 is 0 Å². The first-order valence-electron chi connectivity index (χ1n) is 10.8. The number of H-pyrrole nitrogens is 1. The first kappa shape index (κ1) is 22.1. The topological polar surface area (TPSA) is 65.6 Å². The smallest absolute Gasteiger partial charge is 0.270 e. The van der Waals surface area contributed by atoms with Gasteiger partial charge in [-0.05, 0) is 49.9 Å². The normalized spacial score (nSPS) is 15.1. The molecular formula is C24H33N3O3. The van der Waals surface area contributed by atoms with Crippen LogP contribution in [0.4, 0.5) is 0 Å². The van der Waals surface area contributed by atoms with Crippen molar-refractivity contribution in [3.63, 3.8) is 0 Å². The van der Waals surface area contributed by atoms with Gasteiger partial charge in [-0.25, -0.2) is 0 Å². The Morgan fingerprint density at radius 2 is 1.83 bits per heavy atom. The average Bonchev–Trinajstić information content (AvgIpc) is 2.90. The molecule has 0 saturated carbocycles. The van der Waals surface area contributed by atoms with E-state index in [0.717, 1.165) is 62.4 Å². The van der Waals surface area contributed by atoms with Gasteiger partial charge in [0.15, 0.2) is 5.78 Å². The molecule has 1 aromatic heterocycles. The number of benzene rings is 1. The molecule has 0 radical (unpaired) electrons. The largest absolute Gasteiger partial charge is 0.497 e. The highest BCUT2D eigenvalue weighted by atomic mass is 16.5. The number of rotatable bonds is 7. The predicted octanol–water partition coefficient (Wildman–Crippen LogP) is 3.83. The van der Waals surface area contributed by atoms with E-state index in [2.05, 4.69) is 28.9 Å². The molecule has 0 bridgehead atoms. The number of ether oxygens (including phenoxy) is 1. The van der Waals surface area contributed by atoms with E-state index in [1.54, 1.807) is 14.0 Å². The fourth-order valence-electron chi connectivity index (χ4n) is 4.32. The molecule has 1 aliphatic rings. The van der Waals surface area contributed by atoms with Gasteiger partial charge in [-0.3, -0.25) is 14.5 Å². The molecule has 0 aliphatic carbocycles. The lowest BCUT2D eigenvalue weighted by molar-refractivity contribution is 0.0754. The fraction of sp³-hybridized carbons (Fsp3) is 0.500. The van der Waals surface area contributed by atoms with E-state index >= 15 is 0 Å². The van der Waals surface area contributed by atoms with Gasteiger partial charge < -0.3 is 14.6 Å². The summed E-state index contributed by atoms with van der Waals surface area (Å²) in [6.45, 7) is 9.61. The predicted molar refractivity (Wildman–Crippen MR) is 118 cm³/mol. The quantitative estimate of drug-likeness (QED) is 0.703. The number of ketones is 1. The summed E-state index contributed by atoms with van der Waals surface area (Å²) in [5, 5.41) is 0. The van der Waals surface area contributed by atoms with Crippen LogP contribution in [0.5, 0.6) is 5.75 Å². The van der Waals surface area contributed by atoms with Crippen LogP contribution >= 0.6 is 0 Å². The van der Waals surface area contributed by atoms with Crippen LogP contribution in [0.2, 0.25) is 0 Å². The standard InChI is InChI=1S/C24H33N3O3/c1-5-7-21-22(18(3)28)17(2)25-23(21)24(29)27-13-6-12-26(14-15-27)16-19-8-10-20(30-4)11-9-19/h8-11,25H,5-7,12-16H2,1-4H3.